The summed E-state index contributed by atoms with van der Waals surface area (Å²) in [5.74, 6) is -1.02. The smallest absolute Gasteiger partial charge is 0.345 e. The zero-order chi connectivity index (χ0) is 22.9. The summed E-state index contributed by atoms with van der Waals surface area (Å²) in [6.07, 6.45) is 1.43. The van der Waals surface area contributed by atoms with Crippen molar-refractivity contribution >= 4 is 35.6 Å². The van der Waals surface area contributed by atoms with Crippen LogP contribution in [-0.2, 0) is 4.79 Å². The molecule has 0 bridgehead atoms. The first-order chi connectivity index (χ1) is 15.4. The van der Waals surface area contributed by atoms with Gasteiger partial charge in [-0.2, -0.15) is 5.10 Å². The van der Waals surface area contributed by atoms with Crippen LogP contribution in [-0.4, -0.2) is 30.5 Å². The van der Waals surface area contributed by atoms with Gasteiger partial charge >= 0.3 is 5.97 Å². The summed E-state index contributed by atoms with van der Waals surface area (Å²) in [6, 6.07) is 20.2. The van der Waals surface area contributed by atoms with Gasteiger partial charge in [0.05, 0.1) is 23.3 Å². The standard InChI is InChI=1S/C24H20ClN3O4/c1-16-5-4-6-18(13-16)23(30)26-15-22(29)28-27-14-17-9-11-19(12-10-17)32-24(31)20-7-2-3-8-21(20)25/h2-14H,15H2,1H3,(H,26,30)(H,28,29)/b27-14-. The second-order valence-corrected chi connectivity index (χ2v) is 7.19. The van der Waals surface area contributed by atoms with Crippen molar-refractivity contribution in [1.29, 1.82) is 0 Å². The van der Waals surface area contributed by atoms with E-state index in [1.807, 2.05) is 13.0 Å². The third kappa shape index (κ3) is 6.52. The van der Waals surface area contributed by atoms with Gasteiger partial charge in [0, 0.05) is 5.56 Å². The number of benzene rings is 3. The number of ether oxygens (including phenoxy) is 1. The van der Waals surface area contributed by atoms with E-state index in [4.69, 9.17) is 16.3 Å². The van der Waals surface area contributed by atoms with Crippen LogP contribution in [0, 0.1) is 6.92 Å². The lowest BCUT2D eigenvalue weighted by atomic mass is 10.1. The first-order valence-corrected chi connectivity index (χ1v) is 10.0. The molecule has 0 heterocycles. The van der Waals surface area contributed by atoms with Crippen molar-refractivity contribution in [3.05, 3.63) is 100 Å². The van der Waals surface area contributed by atoms with Gasteiger partial charge in [-0.25, -0.2) is 10.2 Å². The summed E-state index contributed by atoms with van der Waals surface area (Å²) in [7, 11) is 0. The van der Waals surface area contributed by atoms with E-state index in [2.05, 4.69) is 15.8 Å². The number of amides is 2. The monoisotopic (exact) mass is 449 g/mol. The molecule has 0 saturated carbocycles. The molecule has 8 heteroatoms. The summed E-state index contributed by atoms with van der Waals surface area (Å²) < 4.78 is 5.30. The van der Waals surface area contributed by atoms with E-state index >= 15 is 0 Å². The lowest BCUT2D eigenvalue weighted by Gasteiger charge is -2.06. The van der Waals surface area contributed by atoms with Gasteiger partial charge in [0.25, 0.3) is 11.8 Å². The lowest BCUT2D eigenvalue weighted by molar-refractivity contribution is -0.120. The Morgan fingerprint density at radius 1 is 1.00 bits per heavy atom. The number of hydrazone groups is 1. The van der Waals surface area contributed by atoms with Gasteiger partial charge in [-0.3, -0.25) is 9.59 Å². The first kappa shape index (κ1) is 22.7. The number of hydrogen-bond acceptors (Lipinski definition) is 5. The van der Waals surface area contributed by atoms with Crippen molar-refractivity contribution in [3.63, 3.8) is 0 Å². The van der Waals surface area contributed by atoms with Crippen molar-refractivity contribution < 1.29 is 19.1 Å². The average molecular weight is 450 g/mol. The molecular formula is C24H20ClN3O4. The minimum absolute atomic E-state index is 0.207. The van der Waals surface area contributed by atoms with Crippen LogP contribution < -0.4 is 15.5 Å². The molecule has 162 valence electrons. The van der Waals surface area contributed by atoms with Crippen LogP contribution in [0.1, 0.15) is 31.8 Å². The van der Waals surface area contributed by atoms with Gasteiger partial charge < -0.3 is 10.1 Å². The molecule has 3 rings (SSSR count). The fourth-order valence-electron chi connectivity index (χ4n) is 2.68. The minimum atomic E-state index is -0.558. The highest BCUT2D eigenvalue weighted by molar-refractivity contribution is 6.33. The van der Waals surface area contributed by atoms with E-state index < -0.39 is 11.9 Å². The Morgan fingerprint density at radius 2 is 1.75 bits per heavy atom. The summed E-state index contributed by atoms with van der Waals surface area (Å²) in [5.41, 5.74) is 4.73. The highest BCUT2D eigenvalue weighted by Gasteiger charge is 2.12. The maximum Gasteiger partial charge on any atom is 0.345 e. The number of rotatable bonds is 7. The van der Waals surface area contributed by atoms with Crippen LogP contribution in [0.25, 0.3) is 0 Å². The molecule has 2 amide bonds. The van der Waals surface area contributed by atoms with E-state index in [-0.39, 0.29) is 18.0 Å². The van der Waals surface area contributed by atoms with Gasteiger partial charge in [0.1, 0.15) is 5.75 Å². The van der Waals surface area contributed by atoms with Crippen molar-refractivity contribution in [3.8, 4) is 5.75 Å². The number of nitrogens with one attached hydrogen (secondary N) is 2. The molecule has 7 nitrogen and oxygen atoms in total. The Labute approximate surface area is 190 Å². The quantitative estimate of drug-likeness (QED) is 0.248. The zero-order valence-electron chi connectivity index (χ0n) is 17.2. The molecule has 0 aromatic heterocycles. The molecule has 0 spiro atoms. The second kappa shape index (κ2) is 10.9. The van der Waals surface area contributed by atoms with E-state index in [1.54, 1.807) is 66.7 Å². The maximum atomic E-state index is 12.2. The number of esters is 1. The fourth-order valence-corrected chi connectivity index (χ4v) is 2.89. The predicted octanol–water partition coefficient (Wildman–Crippen LogP) is 3.75. The number of carbonyl (C=O) groups is 3. The van der Waals surface area contributed by atoms with E-state index in [9.17, 15) is 14.4 Å². The number of nitrogens with zero attached hydrogens (tertiary/aromatic N) is 1. The second-order valence-electron chi connectivity index (χ2n) is 6.78. The molecule has 0 saturated heterocycles. The predicted molar refractivity (Wildman–Crippen MR) is 122 cm³/mol. The van der Waals surface area contributed by atoms with Crippen LogP contribution in [0.5, 0.6) is 5.75 Å². The lowest BCUT2D eigenvalue weighted by Crippen LogP contribution is -2.34. The van der Waals surface area contributed by atoms with Crippen molar-refractivity contribution in [1.82, 2.24) is 10.7 Å². The summed E-state index contributed by atoms with van der Waals surface area (Å²) in [6.45, 7) is 1.68. The molecule has 3 aromatic rings. The highest BCUT2D eigenvalue weighted by Crippen LogP contribution is 2.18. The van der Waals surface area contributed by atoms with Crippen molar-refractivity contribution in [2.75, 3.05) is 6.54 Å². The maximum absolute atomic E-state index is 12.2. The third-order valence-corrected chi connectivity index (χ3v) is 4.61. The zero-order valence-corrected chi connectivity index (χ0v) is 17.9. The SMILES string of the molecule is Cc1cccc(C(=O)NCC(=O)N/N=C\c2ccc(OC(=O)c3ccccc3Cl)cc2)c1. The first-order valence-electron chi connectivity index (χ1n) is 9.66. The topological polar surface area (TPSA) is 96.9 Å². The molecule has 3 aromatic carbocycles. The normalized spacial score (nSPS) is 10.6. The average Bonchev–Trinajstić information content (AvgIpc) is 2.79. The molecule has 0 aliphatic heterocycles. The fraction of sp³-hybridized carbons (Fsp3) is 0.0833. The molecular weight excluding hydrogens is 430 g/mol. The van der Waals surface area contributed by atoms with Crippen LogP contribution in [0.2, 0.25) is 5.02 Å². The largest absolute Gasteiger partial charge is 0.423 e. The van der Waals surface area contributed by atoms with Gasteiger partial charge in [0.2, 0.25) is 0 Å². The summed E-state index contributed by atoms with van der Waals surface area (Å²) >= 11 is 5.99. The molecule has 0 aliphatic carbocycles. The van der Waals surface area contributed by atoms with Crippen LogP contribution in [0.15, 0.2) is 77.9 Å². The Balaban J connectivity index is 1.46. The highest BCUT2D eigenvalue weighted by atomic mass is 35.5. The number of hydrogen-bond donors (Lipinski definition) is 2. The van der Waals surface area contributed by atoms with Crippen LogP contribution in [0.4, 0.5) is 0 Å². The van der Waals surface area contributed by atoms with Crippen LogP contribution in [0.3, 0.4) is 0 Å². The third-order valence-electron chi connectivity index (χ3n) is 4.28. The minimum Gasteiger partial charge on any atom is -0.423 e. The van der Waals surface area contributed by atoms with E-state index in [1.165, 1.54) is 6.21 Å². The van der Waals surface area contributed by atoms with Gasteiger partial charge in [-0.15, -0.1) is 0 Å². The Hall–Kier alpha value is -3.97. The number of halogens is 1. The molecule has 0 aliphatic rings. The Morgan fingerprint density at radius 3 is 2.47 bits per heavy atom. The molecule has 0 radical (unpaired) electrons. The van der Waals surface area contributed by atoms with Crippen molar-refractivity contribution in [2.45, 2.75) is 6.92 Å². The molecule has 32 heavy (non-hydrogen) atoms. The number of carbonyl (C=O) groups excluding carboxylic acids is 3. The van der Waals surface area contributed by atoms with E-state index in [0.717, 1.165) is 5.56 Å². The molecule has 0 unspecified atom stereocenters. The summed E-state index contributed by atoms with van der Waals surface area (Å²) in [5, 5.41) is 6.70. The Bertz CT molecular complexity index is 1160. The van der Waals surface area contributed by atoms with Gasteiger partial charge in [-0.1, -0.05) is 41.4 Å². The molecule has 0 atom stereocenters. The van der Waals surface area contributed by atoms with Gasteiger partial charge in [0.15, 0.2) is 0 Å². The van der Waals surface area contributed by atoms with E-state index in [0.29, 0.717) is 21.9 Å². The van der Waals surface area contributed by atoms with Crippen LogP contribution >= 0.6 is 11.6 Å². The molecule has 0 fully saturated rings. The molecule has 2 N–H and O–H groups in total. The Kier molecular flexibility index (Phi) is 7.72. The van der Waals surface area contributed by atoms with Crippen molar-refractivity contribution in [2.24, 2.45) is 5.10 Å². The van der Waals surface area contributed by atoms with Gasteiger partial charge in [-0.05, 0) is 61.0 Å². The number of aryl methyl sites for hydroxylation is 1. The summed E-state index contributed by atoms with van der Waals surface area (Å²) in [4.78, 5) is 36.1.